The van der Waals surface area contributed by atoms with Crippen molar-refractivity contribution in [2.75, 3.05) is 13.2 Å². The van der Waals surface area contributed by atoms with E-state index in [-0.39, 0.29) is 25.2 Å². The molecule has 7 heteroatoms. The van der Waals surface area contributed by atoms with Gasteiger partial charge < -0.3 is 9.47 Å². The molecular weight excluding hydrogens is 362 g/mol. The molecule has 28 heavy (non-hydrogen) atoms. The van der Waals surface area contributed by atoms with Gasteiger partial charge in [0.1, 0.15) is 0 Å². The van der Waals surface area contributed by atoms with Crippen LogP contribution in [-0.2, 0) is 19.1 Å². The van der Waals surface area contributed by atoms with Gasteiger partial charge in [-0.05, 0) is 18.1 Å². The van der Waals surface area contributed by atoms with Gasteiger partial charge in [-0.3, -0.25) is 19.7 Å². The molecule has 0 fully saturated rings. The molecule has 0 saturated carbocycles. The number of amides is 2. The number of ketones is 1. The van der Waals surface area contributed by atoms with Gasteiger partial charge in [0, 0.05) is 12.0 Å². The average Bonchev–Trinajstić information content (AvgIpc) is 2.71. The Labute approximate surface area is 162 Å². The molecule has 0 unspecified atom stereocenters. The summed E-state index contributed by atoms with van der Waals surface area (Å²) in [5.41, 5.74) is 2.53. The summed E-state index contributed by atoms with van der Waals surface area (Å²) >= 11 is 0. The van der Waals surface area contributed by atoms with Gasteiger partial charge in [-0.15, -0.1) is 0 Å². The Balaban J connectivity index is 1.76. The maximum atomic E-state index is 12.2. The second-order valence-corrected chi connectivity index (χ2v) is 5.80. The molecule has 0 aliphatic carbocycles. The fourth-order valence-electron chi connectivity index (χ4n) is 2.37. The number of benzene rings is 2. The Morgan fingerprint density at radius 1 is 0.821 bits per heavy atom. The molecule has 0 aromatic heterocycles. The molecular formula is C21H21NO6. The van der Waals surface area contributed by atoms with Crippen molar-refractivity contribution >= 4 is 23.8 Å². The van der Waals surface area contributed by atoms with Crippen LogP contribution in [0.3, 0.4) is 0 Å². The first-order valence-electron chi connectivity index (χ1n) is 8.80. The standard InChI is InChI=1S/C21H21NO6/c1-2-27-21(26)22-19(24)14-28-20(25)13-12-18(23)17-10-8-16(9-11-17)15-6-4-3-5-7-15/h3-11H,2,12-14H2,1H3,(H,22,24,26). The Morgan fingerprint density at radius 2 is 1.46 bits per heavy atom. The smallest absolute Gasteiger partial charge is 0.413 e. The molecule has 2 rings (SSSR count). The molecule has 0 saturated heterocycles. The molecule has 0 bridgehead atoms. The van der Waals surface area contributed by atoms with Gasteiger partial charge >= 0.3 is 12.1 Å². The monoisotopic (exact) mass is 383 g/mol. The van der Waals surface area contributed by atoms with Crippen LogP contribution in [-0.4, -0.2) is 37.0 Å². The Kier molecular flexibility index (Phi) is 7.90. The lowest BCUT2D eigenvalue weighted by molar-refractivity contribution is -0.148. The Bertz CT molecular complexity index is 830. The van der Waals surface area contributed by atoms with Gasteiger partial charge in [-0.25, -0.2) is 4.79 Å². The van der Waals surface area contributed by atoms with E-state index < -0.39 is 24.6 Å². The molecule has 0 aliphatic heterocycles. The van der Waals surface area contributed by atoms with Crippen molar-refractivity contribution in [3.63, 3.8) is 0 Å². The van der Waals surface area contributed by atoms with Crippen molar-refractivity contribution in [3.8, 4) is 11.1 Å². The predicted molar refractivity (Wildman–Crippen MR) is 102 cm³/mol. The van der Waals surface area contributed by atoms with Gasteiger partial charge in [0.25, 0.3) is 5.91 Å². The van der Waals surface area contributed by atoms with E-state index in [1.807, 2.05) is 47.8 Å². The minimum Gasteiger partial charge on any atom is -0.456 e. The molecule has 2 amide bonds. The summed E-state index contributed by atoms with van der Waals surface area (Å²) in [6.07, 6.45) is -1.10. The summed E-state index contributed by atoms with van der Waals surface area (Å²) in [7, 11) is 0. The zero-order valence-corrected chi connectivity index (χ0v) is 15.5. The van der Waals surface area contributed by atoms with E-state index >= 15 is 0 Å². The van der Waals surface area contributed by atoms with Crippen LogP contribution in [0.1, 0.15) is 30.1 Å². The minimum atomic E-state index is -0.905. The van der Waals surface area contributed by atoms with Crippen molar-refractivity contribution in [2.45, 2.75) is 19.8 Å². The number of alkyl carbamates (subject to hydrolysis) is 1. The Hall–Kier alpha value is -3.48. The van der Waals surface area contributed by atoms with Crippen molar-refractivity contribution in [3.05, 3.63) is 60.2 Å². The SMILES string of the molecule is CCOC(=O)NC(=O)COC(=O)CCC(=O)c1ccc(-c2ccccc2)cc1. The molecule has 1 N–H and O–H groups in total. The summed E-state index contributed by atoms with van der Waals surface area (Å²) in [5.74, 6) is -1.70. The number of hydrogen-bond donors (Lipinski definition) is 1. The molecule has 0 spiro atoms. The Morgan fingerprint density at radius 3 is 2.11 bits per heavy atom. The lowest BCUT2D eigenvalue weighted by atomic mass is 10.0. The van der Waals surface area contributed by atoms with Crippen LogP contribution in [0.15, 0.2) is 54.6 Å². The van der Waals surface area contributed by atoms with Crippen molar-refractivity contribution in [2.24, 2.45) is 0 Å². The third-order valence-electron chi connectivity index (χ3n) is 3.75. The number of Topliss-reactive ketones (excluding diaryl/α,β-unsaturated/α-hetero) is 1. The number of imide groups is 1. The third-order valence-corrected chi connectivity index (χ3v) is 3.75. The molecule has 0 radical (unpaired) electrons. The topological polar surface area (TPSA) is 98.8 Å². The van der Waals surface area contributed by atoms with E-state index in [0.717, 1.165) is 11.1 Å². The third kappa shape index (κ3) is 6.68. The van der Waals surface area contributed by atoms with Gasteiger partial charge in [-0.2, -0.15) is 0 Å². The first kappa shape index (κ1) is 20.8. The van der Waals surface area contributed by atoms with Crippen LogP contribution >= 0.6 is 0 Å². The quantitative estimate of drug-likeness (QED) is 0.555. The number of nitrogens with one attached hydrogen (secondary N) is 1. The second-order valence-electron chi connectivity index (χ2n) is 5.80. The fraction of sp³-hybridized carbons (Fsp3) is 0.238. The lowest BCUT2D eigenvalue weighted by Crippen LogP contribution is -2.34. The zero-order chi connectivity index (χ0) is 20.4. The number of esters is 1. The van der Waals surface area contributed by atoms with Crippen LogP contribution in [0, 0.1) is 0 Å². The number of hydrogen-bond acceptors (Lipinski definition) is 6. The van der Waals surface area contributed by atoms with Crippen LogP contribution in [0.25, 0.3) is 11.1 Å². The van der Waals surface area contributed by atoms with E-state index in [1.165, 1.54) is 0 Å². The summed E-state index contributed by atoms with van der Waals surface area (Å²) in [5, 5.41) is 1.90. The summed E-state index contributed by atoms with van der Waals surface area (Å²) in [6, 6.07) is 16.9. The molecule has 0 aliphatic rings. The maximum Gasteiger partial charge on any atom is 0.413 e. The molecule has 0 atom stereocenters. The van der Waals surface area contributed by atoms with Crippen LogP contribution in [0.5, 0.6) is 0 Å². The highest BCUT2D eigenvalue weighted by molar-refractivity contribution is 5.98. The summed E-state index contributed by atoms with van der Waals surface area (Å²) in [4.78, 5) is 46.3. The van der Waals surface area contributed by atoms with Crippen molar-refractivity contribution in [1.82, 2.24) is 5.32 Å². The highest BCUT2D eigenvalue weighted by Crippen LogP contribution is 2.19. The number of rotatable bonds is 8. The number of carbonyl (C=O) groups is 4. The average molecular weight is 383 g/mol. The highest BCUT2D eigenvalue weighted by Gasteiger charge is 2.14. The molecule has 2 aromatic carbocycles. The molecule has 7 nitrogen and oxygen atoms in total. The first-order chi connectivity index (χ1) is 13.5. The molecule has 0 heterocycles. The summed E-state index contributed by atoms with van der Waals surface area (Å²) in [6.45, 7) is 1.10. The van der Waals surface area contributed by atoms with Crippen molar-refractivity contribution in [1.29, 1.82) is 0 Å². The molecule has 2 aromatic rings. The largest absolute Gasteiger partial charge is 0.456 e. The van der Waals surface area contributed by atoms with Gasteiger partial charge in [-0.1, -0.05) is 54.6 Å². The van der Waals surface area contributed by atoms with Crippen LogP contribution in [0.2, 0.25) is 0 Å². The van der Waals surface area contributed by atoms with Crippen LogP contribution in [0.4, 0.5) is 4.79 Å². The van der Waals surface area contributed by atoms with E-state index in [2.05, 4.69) is 4.74 Å². The van der Waals surface area contributed by atoms with Gasteiger partial charge in [0.15, 0.2) is 12.4 Å². The molecule has 146 valence electrons. The van der Waals surface area contributed by atoms with E-state index in [0.29, 0.717) is 5.56 Å². The first-order valence-corrected chi connectivity index (χ1v) is 8.80. The van der Waals surface area contributed by atoms with E-state index in [1.54, 1.807) is 19.1 Å². The normalized spacial score (nSPS) is 10.0. The van der Waals surface area contributed by atoms with Gasteiger partial charge in [0.2, 0.25) is 0 Å². The minimum absolute atomic E-state index is 0.0387. The number of carbonyl (C=O) groups excluding carboxylic acids is 4. The summed E-state index contributed by atoms with van der Waals surface area (Å²) < 4.78 is 9.26. The highest BCUT2D eigenvalue weighted by atomic mass is 16.6. The van der Waals surface area contributed by atoms with Crippen LogP contribution < -0.4 is 5.32 Å². The fourth-order valence-corrected chi connectivity index (χ4v) is 2.37. The second kappa shape index (κ2) is 10.6. The zero-order valence-electron chi connectivity index (χ0n) is 15.5. The predicted octanol–water partition coefficient (Wildman–Crippen LogP) is 3.13. The van der Waals surface area contributed by atoms with Gasteiger partial charge in [0.05, 0.1) is 13.0 Å². The van der Waals surface area contributed by atoms with E-state index in [9.17, 15) is 19.2 Å². The van der Waals surface area contributed by atoms with E-state index in [4.69, 9.17) is 4.74 Å². The maximum absolute atomic E-state index is 12.2. The van der Waals surface area contributed by atoms with Crippen molar-refractivity contribution < 1.29 is 28.7 Å². The number of ether oxygens (including phenoxy) is 2. The lowest BCUT2D eigenvalue weighted by Gasteiger charge is -2.06.